The van der Waals surface area contributed by atoms with Gasteiger partial charge < -0.3 is 15.0 Å². The Morgan fingerprint density at radius 1 is 1.50 bits per heavy atom. The highest BCUT2D eigenvalue weighted by Crippen LogP contribution is 2.31. The third-order valence-electron chi connectivity index (χ3n) is 3.70. The first-order valence-corrected chi connectivity index (χ1v) is 8.40. The second-order valence-corrected chi connectivity index (χ2v) is 6.43. The maximum atomic E-state index is 6.12. The third-order valence-corrected chi connectivity index (χ3v) is 4.93. The van der Waals surface area contributed by atoms with E-state index < -0.39 is 0 Å². The normalized spacial score (nSPS) is 18.8. The maximum absolute atomic E-state index is 6.12. The van der Waals surface area contributed by atoms with Crippen molar-refractivity contribution in [3.05, 3.63) is 18.2 Å². The Kier molecular flexibility index (Phi) is 4.05. The lowest BCUT2D eigenvalue weighted by Crippen LogP contribution is -2.12. The molecule has 1 aromatic heterocycles. The molecule has 4 nitrogen and oxygen atoms in total. The Morgan fingerprint density at radius 3 is 3.15 bits per heavy atom. The molecule has 0 radical (unpaired) electrons. The monoisotopic (exact) mass is 291 g/mol. The van der Waals surface area contributed by atoms with E-state index in [2.05, 4.69) is 22.5 Å². The van der Waals surface area contributed by atoms with Gasteiger partial charge in [0.2, 0.25) is 5.95 Å². The minimum absolute atomic E-state index is 0.601. The zero-order valence-electron chi connectivity index (χ0n) is 11.8. The van der Waals surface area contributed by atoms with Gasteiger partial charge in [0, 0.05) is 6.54 Å². The van der Waals surface area contributed by atoms with E-state index in [1.54, 1.807) is 0 Å². The lowest BCUT2D eigenvalue weighted by atomic mass is 10.1. The highest BCUT2D eigenvalue weighted by Gasteiger charge is 2.19. The number of nitrogen functional groups attached to an aromatic ring is 1. The first kappa shape index (κ1) is 13.6. The molecule has 2 N–H and O–H groups in total. The van der Waals surface area contributed by atoms with Crippen molar-refractivity contribution in [3.63, 3.8) is 0 Å². The molecule has 0 spiro atoms. The standard InChI is InChI=1S/C15H21N3OS/c1-2-7-19-13-5-3-4-12-14(13)17-15(16)18(12)9-11-6-8-20-10-11/h3-5,11H,2,6-10H2,1H3,(H2,16,17). The van der Waals surface area contributed by atoms with Crippen molar-refractivity contribution in [3.8, 4) is 5.75 Å². The van der Waals surface area contributed by atoms with Crippen LogP contribution in [0.5, 0.6) is 5.75 Å². The molecule has 20 heavy (non-hydrogen) atoms. The third kappa shape index (κ3) is 2.59. The van der Waals surface area contributed by atoms with Gasteiger partial charge in [-0.1, -0.05) is 13.0 Å². The zero-order chi connectivity index (χ0) is 13.9. The van der Waals surface area contributed by atoms with E-state index in [0.717, 1.165) is 29.7 Å². The van der Waals surface area contributed by atoms with Crippen molar-refractivity contribution in [1.82, 2.24) is 9.55 Å². The summed E-state index contributed by atoms with van der Waals surface area (Å²) in [6.45, 7) is 3.78. The second-order valence-electron chi connectivity index (χ2n) is 5.28. The average molecular weight is 291 g/mol. The van der Waals surface area contributed by atoms with Gasteiger partial charge in [0.15, 0.2) is 0 Å². The molecular formula is C15H21N3OS. The molecule has 1 aromatic carbocycles. The number of hydrogen-bond donors (Lipinski definition) is 1. The summed E-state index contributed by atoms with van der Waals surface area (Å²) in [6, 6.07) is 6.08. The molecule has 1 atom stereocenters. The molecule has 1 aliphatic rings. The van der Waals surface area contributed by atoms with Crippen molar-refractivity contribution in [2.45, 2.75) is 26.3 Å². The SMILES string of the molecule is CCCOc1cccc2c1nc(N)n2CC1CCSC1. The lowest BCUT2D eigenvalue weighted by molar-refractivity contribution is 0.320. The van der Waals surface area contributed by atoms with Gasteiger partial charge in [0.1, 0.15) is 11.3 Å². The van der Waals surface area contributed by atoms with Crippen LogP contribution in [0.4, 0.5) is 5.95 Å². The summed E-state index contributed by atoms with van der Waals surface area (Å²) < 4.78 is 7.91. The van der Waals surface area contributed by atoms with Gasteiger partial charge in [-0.25, -0.2) is 4.98 Å². The molecule has 0 saturated carbocycles. The maximum Gasteiger partial charge on any atom is 0.201 e. The van der Waals surface area contributed by atoms with Crippen molar-refractivity contribution in [2.75, 3.05) is 23.8 Å². The van der Waals surface area contributed by atoms with Crippen LogP contribution in [0, 0.1) is 5.92 Å². The number of anilines is 1. The van der Waals surface area contributed by atoms with Gasteiger partial charge in [0.05, 0.1) is 12.1 Å². The fraction of sp³-hybridized carbons (Fsp3) is 0.533. The van der Waals surface area contributed by atoms with E-state index in [4.69, 9.17) is 10.5 Å². The number of hydrogen-bond acceptors (Lipinski definition) is 4. The van der Waals surface area contributed by atoms with Gasteiger partial charge in [-0.05, 0) is 42.4 Å². The predicted octanol–water partition coefficient (Wildman–Crippen LogP) is 3.16. The molecule has 2 heterocycles. The number of fused-ring (bicyclic) bond motifs is 1. The first-order chi connectivity index (χ1) is 9.79. The lowest BCUT2D eigenvalue weighted by Gasteiger charge is -2.12. The summed E-state index contributed by atoms with van der Waals surface area (Å²) in [7, 11) is 0. The highest BCUT2D eigenvalue weighted by atomic mass is 32.2. The van der Waals surface area contributed by atoms with Crippen LogP contribution < -0.4 is 10.5 Å². The van der Waals surface area contributed by atoms with Crippen molar-refractivity contribution in [2.24, 2.45) is 5.92 Å². The number of imidazole rings is 1. The van der Waals surface area contributed by atoms with E-state index in [1.807, 2.05) is 23.9 Å². The van der Waals surface area contributed by atoms with Gasteiger partial charge in [-0.3, -0.25) is 0 Å². The number of rotatable bonds is 5. The number of para-hydroxylation sites is 1. The van der Waals surface area contributed by atoms with Crippen LogP contribution in [0.25, 0.3) is 11.0 Å². The Balaban J connectivity index is 1.93. The van der Waals surface area contributed by atoms with Gasteiger partial charge in [-0.15, -0.1) is 0 Å². The van der Waals surface area contributed by atoms with Crippen molar-refractivity contribution in [1.29, 1.82) is 0 Å². The van der Waals surface area contributed by atoms with Crippen molar-refractivity contribution < 1.29 is 4.74 Å². The van der Waals surface area contributed by atoms with Gasteiger partial charge in [0.25, 0.3) is 0 Å². The molecule has 0 aliphatic carbocycles. The fourth-order valence-electron chi connectivity index (χ4n) is 2.65. The number of benzene rings is 1. The van der Waals surface area contributed by atoms with E-state index in [-0.39, 0.29) is 0 Å². The topological polar surface area (TPSA) is 53.1 Å². The van der Waals surface area contributed by atoms with E-state index in [0.29, 0.717) is 18.5 Å². The number of nitrogens with two attached hydrogens (primary N) is 1. The Hall–Kier alpha value is -1.36. The van der Waals surface area contributed by atoms with Crippen LogP contribution in [0.15, 0.2) is 18.2 Å². The Labute approximate surface area is 123 Å². The van der Waals surface area contributed by atoms with Gasteiger partial charge in [-0.2, -0.15) is 11.8 Å². The molecule has 2 aromatic rings. The summed E-state index contributed by atoms with van der Waals surface area (Å²) in [5.74, 6) is 4.65. The molecule has 0 amide bonds. The Morgan fingerprint density at radius 2 is 2.40 bits per heavy atom. The summed E-state index contributed by atoms with van der Waals surface area (Å²) >= 11 is 2.03. The minimum atomic E-state index is 0.601. The smallest absolute Gasteiger partial charge is 0.201 e. The minimum Gasteiger partial charge on any atom is -0.491 e. The summed E-state index contributed by atoms with van der Waals surface area (Å²) in [5, 5.41) is 0. The van der Waals surface area contributed by atoms with Crippen LogP contribution in [-0.2, 0) is 6.54 Å². The predicted molar refractivity (Wildman–Crippen MR) is 85.4 cm³/mol. The zero-order valence-corrected chi connectivity index (χ0v) is 12.7. The van der Waals surface area contributed by atoms with Crippen molar-refractivity contribution >= 4 is 28.7 Å². The van der Waals surface area contributed by atoms with E-state index >= 15 is 0 Å². The average Bonchev–Trinajstić information content (AvgIpc) is 3.06. The Bertz CT molecular complexity index is 590. The number of aromatic nitrogens is 2. The van der Waals surface area contributed by atoms with Gasteiger partial charge >= 0.3 is 0 Å². The molecule has 0 bridgehead atoms. The summed E-state index contributed by atoms with van der Waals surface area (Å²) in [5.41, 5.74) is 8.10. The molecule has 3 rings (SSSR count). The van der Waals surface area contributed by atoms with Crippen LogP contribution in [0.2, 0.25) is 0 Å². The molecule has 1 fully saturated rings. The van der Waals surface area contributed by atoms with Crippen LogP contribution in [-0.4, -0.2) is 27.7 Å². The van der Waals surface area contributed by atoms with Crippen LogP contribution in [0.1, 0.15) is 19.8 Å². The number of ether oxygens (including phenoxy) is 1. The highest BCUT2D eigenvalue weighted by molar-refractivity contribution is 7.99. The first-order valence-electron chi connectivity index (χ1n) is 7.25. The van der Waals surface area contributed by atoms with Crippen LogP contribution in [0.3, 0.4) is 0 Å². The van der Waals surface area contributed by atoms with Crippen LogP contribution >= 0.6 is 11.8 Å². The molecule has 5 heteroatoms. The number of nitrogens with zero attached hydrogens (tertiary/aromatic N) is 2. The quantitative estimate of drug-likeness (QED) is 0.919. The van der Waals surface area contributed by atoms with E-state index in [9.17, 15) is 0 Å². The molecular weight excluding hydrogens is 270 g/mol. The number of thioether (sulfide) groups is 1. The summed E-state index contributed by atoms with van der Waals surface area (Å²) in [6.07, 6.45) is 2.27. The largest absolute Gasteiger partial charge is 0.491 e. The second kappa shape index (κ2) is 5.95. The molecule has 1 saturated heterocycles. The molecule has 1 unspecified atom stereocenters. The molecule has 108 valence electrons. The fourth-order valence-corrected chi connectivity index (χ4v) is 3.92. The van der Waals surface area contributed by atoms with E-state index in [1.165, 1.54) is 17.9 Å². The molecule has 1 aliphatic heterocycles. The summed E-state index contributed by atoms with van der Waals surface area (Å²) in [4.78, 5) is 4.52.